The Kier molecular flexibility index (Phi) is 4.36. The van der Waals surface area contributed by atoms with E-state index in [2.05, 4.69) is 4.98 Å². The third-order valence-corrected chi connectivity index (χ3v) is 3.42. The summed E-state index contributed by atoms with van der Waals surface area (Å²) in [5.41, 5.74) is 1.99. The lowest BCUT2D eigenvalue weighted by Gasteiger charge is -2.02. The summed E-state index contributed by atoms with van der Waals surface area (Å²) < 4.78 is 0. The first-order valence-electron chi connectivity index (χ1n) is 5.57. The van der Waals surface area contributed by atoms with Crippen LogP contribution in [-0.2, 0) is 17.0 Å². The van der Waals surface area contributed by atoms with Crippen LogP contribution in [0.3, 0.4) is 0 Å². The van der Waals surface area contributed by atoms with Crippen molar-refractivity contribution in [2.75, 3.05) is 0 Å². The topological polar surface area (TPSA) is 50.2 Å². The maximum Gasteiger partial charge on any atom is 0.307 e. The molecule has 1 aromatic carbocycles. The Morgan fingerprint density at radius 2 is 1.83 bits per heavy atom. The van der Waals surface area contributed by atoms with Crippen molar-refractivity contribution >= 4 is 17.7 Å². The molecule has 2 aromatic rings. The molecule has 0 bridgehead atoms. The molecule has 0 aliphatic heterocycles. The van der Waals surface area contributed by atoms with Gasteiger partial charge < -0.3 is 5.11 Å². The van der Waals surface area contributed by atoms with Gasteiger partial charge >= 0.3 is 5.97 Å². The molecule has 18 heavy (non-hydrogen) atoms. The van der Waals surface area contributed by atoms with E-state index >= 15 is 0 Å². The number of nitrogens with zero attached hydrogens (tertiary/aromatic N) is 1. The number of thioether (sulfide) groups is 1. The first kappa shape index (κ1) is 12.6. The number of carboxylic acid groups (broad SMARTS) is 1. The molecule has 1 heterocycles. The van der Waals surface area contributed by atoms with E-state index < -0.39 is 5.97 Å². The lowest BCUT2D eigenvalue weighted by molar-refractivity contribution is -0.136. The van der Waals surface area contributed by atoms with Crippen LogP contribution in [0.2, 0.25) is 0 Å². The van der Waals surface area contributed by atoms with E-state index in [1.807, 2.05) is 42.5 Å². The molecule has 1 N–H and O–H groups in total. The molecule has 0 aliphatic carbocycles. The molecule has 1 aromatic heterocycles. The third kappa shape index (κ3) is 3.89. The minimum absolute atomic E-state index is 0.0770. The number of hydrogen-bond acceptors (Lipinski definition) is 3. The summed E-state index contributed by atoms with van der Waals surface area (Å²) in [5.74, 6) is 0.0373. The summed E-state index contributed by atoms with van der Waals surface area (Å²) in [6.07, 6.45) is 1.85. The van der Waals surface area contributed by atoms with Gasteiger partial charge in [-0.05, 0) is 23.3 Å². The summed E-state index contributed by atoms with van der Waals surface area (Å²) in [5, 5.41) is 9.67. The largest absolute Gasteiger partial charge is 0.481 e. The van der Waals surface area contributed by atoms with Crippen molar-refractivity contribution in [1.29, 1.82) is 0 Å². The molecule has 0 aliphatic rings. The summed E-state index contributed by atoms with van der Waals surface area (Å²) in [4.78, 5) is 14.8. The number of carboxylic acids is 1. The van der Waals surface area contributed by atoms with Gasteiger partial charge in [0.05, 0.1) is 11.4 Å². The summed E-state index contributed by atoms with van der Waals surface area (Å²) in [6, 6.07) is 13.5. The zero-order valence-electron chi connectivity index (χ0n) is 9.74. The summed E-state index contributed by atoms with van der Waals surface area (Å²) in [7, 11) is 0. The standard InChI is InChI=1S/C14H13NO2S/c16-14(17)9-11-4-6-12(7-5-11)10-18-13-3-1-2-8-15-13/h1-8H,9-10H2,(H,16,17). The number of hydrogen-bond donors (Lipinski definition) is 1. The average molecular weight is 259 g/mol. The van der Waals surface area contributed by atoms with Gasteiger partial charge in [0, 0.05) is 11.9 Å². The molecule has 0 amide bonds. The van der Waals surface area contributed by atoms with Crippen molar-refractivity contribution in [3.05, 3.63) is 59.8 Å². The minimum Gasteiger partial charge on any atom is -0.481 e. The second-order valence-corrected chi connectivity index (χ2v) is 4.84. The number of pyridine rings is 1. The van der Waals surface area contributed by atoms with Gasteiger partial charge in [-0.2, -0.15) is 0 Å². The Bertz CT molecular complexity index is 511. The Morgan fingerprint density at radius 3 is 2.44 bits per heavy atom. The highest BCUT2D eigenvalue weighted by molar-refractivity contribution is 7.98. The average Bonchev–Trinajstić information content (AvgIpc) is 2.38. The normalized spacial score (nSPS) is 10.2. The first-order valence-corrected chi connectivity index (χ1v) is 6.56. The Labute approximate surface area is 110 Å². The first-order chi connectivity index (χ1) is 8.74. The molecule has 0 saturated carbocycles. The van der Waals surface area contributed by atoms with Gasteiger partial charge in [-0.3, -0.25) is 4.79 Å². The van der Waals surface area contributed by atoms with Gasteiger partial charge in [0.25, 0.3) is 0 Å². The fraction of sp³-hybridized carbons (Fsp3) is 0.143. The Hall–Kier alpha value is -1.81. The number of carbonyl (C=O) groups is 1. The maximum atomic E-state index is 10.6. The van der Waals surface area contributed by atoms with Gasteiger partial charge in [0.1, 0.15) is 0 Å². The van der Waals surface area contributed by atoms with E-state index in [9.17, 15) is 4.79 Å². The highest BCUT2D eigenvalue weighted by Gasteiger charge is 2.01. The number of rotatable bonds is 5. The van der Waals surface area contributed by atoms with Gasteiger partial charge in [0.15, 0.2) is 0 Å². The van der Waals surface area contributed by atoms with Crippen LogP contribution in [0.15, 0.2) is 53.7 Å². The van der Waals surface area contributed by atoms with Crippen LogP contribution >= 0.6 is 11.8 Å². The molecule has 0 saturated heterocycles. The van der Waals surface area contributed by atoms with E-state index in [1.54, 1.807) is 18.0 Å². The predicted octanol–water partition coefficient (Wildman–Crippen LogP) is 3.00. The van der Waals surface area contributed by atoms with Crippen molar-refractivity contribution < 1.29 is 9.90 Å². The molecular weight excluding hydrogens is 246 g/mol. The van der Waals surface area contributed by atoms with E-state index in [0.717, 1.165) is 16.3 Å². The smallest absolute Gasteiger partial charge is 0.307 e. The molecule has 0 spiro atoms. The molecule has 4 heteroatoms. The fourth-order valence-electron chi connectivity index (χ4n) is 1.52. The minimum atomic E-state index is -0.800. The monoisotopic (exact) mass is 259 g/mol. The highest BCUT2D eigenvalue weighted by Crippen LogP contribution is 2.20. The third-order valence-electron chi connectivity index (χ3n) is 2.40. The van der Waals surface area contributed by atoms with Crippen LogP contribution in [0, 0.1) is 0 Å². The zero-order valence-corrected chi connectivity index (χ0v) is 10.6. The molecule has 3 nitrogen and oxygen atoms in total. The van der Waals surface area contributed by atoms with Crippen LogP contribution in [-0.4, -0.2) is 16.1 Å². The number of aliphatic carboxylic acids is 1. The van der Waals surface area contributed by atoms with Crippen LogP contribution < -0.4 is 0 Å². The Morgan fingerprint density at radius 1 is 1.11 bits per heavy atom. The Balaban J connectivity index is 1.92. The molecular formula is C14H13NO2S. The molecule has 2 rings (SSSR count). The van der Waals surface area contributed by atoms with E-state index in [-0.39, 0.29) is 6.42 Å². The summed E-state index contributed by atoms with van der Waals surface area (Å²) in [6.45, 7) is 0. The van der Waals surface area contributed by atoms with Gasteiger partial charge in [-0.1, -0.05) is 30.3 Å². The SMILES string of the molecule is O=C(O)Cc1ccc(CSc2ccccn2)cc1. The molecule has 0 fully saturated rings. The second-order valence-electron chi connectivity index (χ2n) is 3.84. The number of aromatic nitrogens is 1. The van der Waals surface area contributed by atoms with Crippen LogP contribution in [0.1, 0.15) is 11.1 Å². The molecule has 0 unspecified atom stereocenters. The van der Waals surface area contributed by atoms with Crippen molar-refractivity contribution in [2.24, 2.45) is 0 Å². The maximum absolute atomic E-state index is 10.6. The van der Waals surface area contributed by atoms with Gasteiger partial charge in [0.2, 0.25) is 0 Å². The van der Waals surface area contributed by atoms with E-state index in [1.165, 1.54) is 5.56 Å². The fourth-order valence-corrected chi connectivity index (χ4v) is 2.33. The summed E-state index contributed by atoms with van der Waals surface area (Å²) >= 11 is 1.67. The predicted molar refractivity (Wildman–Crippen MR) is 71.6 cm³/mol. The zero-order chi connectivity index (χ0) is 12.8. The highest BCUT2D eigenvalue weighted by atomic mass is 32.2. The van der Waals surface area contributed by atoms with Gasteiger partial charge in [-0.25, -0.2) is 4.98 Å². The van der Waals surface area contributed by atoms with Crippen molar-refractivity contribution in [1.82, 2.24) is 4.98 Å². The van der Waals surface area contributed by atoms with Crippen LogP contribution in [0.25, 0.3) is 0 Å². The quantitative estimate of drug-likeness (QED) is 0.839. The van der Waals surface area contributed by atoms with E-state index in [0.29, 0.717) is 0 Å². The molecule has 92 valence electrons. The molecule has 0 radical (unpaired) electrons. The number of benzene rings is 1. The van der Waals surface area contributed by atoms with Crippen molar-refractivity contribution in [2.45, 2.75) is 17.2 Å². The van der Waals surface area contributed by atoms with Crippen LogP contribution in [0.5, 0.6) is 0 Å². The van der Waals surface area contributed by atoms with E-state index in [4.69, 9.17) is 5.11 Å². The van der Waals surface area contributed by atoms with Crippen LogP contribution in [0.4, 0.5) is 0 Å². The van der Waals surface area contributed by atoms with Gasteiger partial charge in [-0.15, -0.1) is 11.8 Å². The molecule has 0 atom stereocenters. The second kappa shape index (κ2) is 6.21. The lowest BCUT2D eigenvalue weighted by Crippen LogP contribution is -1.99. The van der Waals surface area contributed by atoms with Crippen molar-refractivity contribution in [3.63, 3.8) is 0 Å². The lowest BCUT2D eigenvalue weighted by atomic mass is 10.1. The van der Waals surface area contributed by atoms with Crippen molar-refractivity contribution in [3.8, 4) is 0 Å².